The summed E-state index contributed by atoms with van der Waals surface area (Å²) in [5, 5.41) is 23.1. The number of nitrogens with zero attached hydrogens (tertiary/aromatic N) is 2. The molecule has 1 aromatic carbocycles. The second kappa shape index (κ2) is 5.35. The second-order valence-electron chi connectivity index (χ2n) is 4.28. The van der Waals surface area contributed by atoms with Crippen molar-refractivity contribution in [3.63, 3.8) is 0 Å². The highest BCUT2D eigenvalue weighted by atomic mass is 32.1. The molecular formula is C13H17N3OS. The summed E-state index contributed by atoms with van der Waals surface area (Å²) in [6.07, 6.45) is 0.892. The SMILES string of the molecule is CCc1nnc(NC(C)c2cc(C)ccc2O)s1. The minimum atomic E-state index is 0.00237. The highest BCUT2D eigenvalue weighted by Gasteiger charge is 2.12. The first-order valence-corrected chi connectivity index (χ1v) is 6.80. The predicted molar refractivity (Wildman–Crippen MR) is 74.2 cm³/mol. The Morgan fingerprint density at radius 1 is 1.39 bits per heavy atom. The van der Waals surface area contributed by atoms with E-state index in [2.05, 4.69) is 22.4 Å². The molecule has 4 nitrogen and oxygen atoms in total. The lowest BCUT2D eigenvalue weighted by atomic mass is 10.0. The number of benzene rings is 1. The Morgan fingerprint density at radius 3 is 2.83 bits per heavy atom. The van der Waals surface area contributed by atoms with Crippen molar-refractivity contribution in [3.05, 3.63) is 34.3 Å². The molecule has 5 heteroatoms. The van der Waals surface area contributed by atoms with Crippen molar-refractivity contribution >= 4 is 16.5 Å². The Labute approximate surface area is 111 Å². The summed E-state index contributed by atoms with van der Waals surface area (Å²) in [6, 6.07) is 5.60. The number of rotatable bonds is 4. The summed E-state index contributed by atoms with van der Waals surface area (Å²) < 4.78 is 0. The van der Waals surface area contributed by atoms with Gasteiger partial charge < -0.3 is 10.4 Å². The van der Waals surface area contributed by atoms with Crippen molar-refractivity contribution in [1.82, 2.24) is 10.2 Å². The molecule has 0 aliphatic carbocycles. The van der Waals surface area contributed by atoms with Gasteiger partial charge in [-0.05, 0) is 26.3 Å². The molecule has 2 rings (SSSR count). The van der Waals surface area contributed by atoms with Crippen molar-refractivity contribution in [2.75, 3.05) is 5.32 Å². The zero-order valence-electron chi connectivity index (χ0n) is 10.8. The minimum Gasteiger partial charge on any atom is -0.508 e. The Balaban J connectivity index is 2.16. The molecule has 0 bridgehead atoms. The fourth-order valence-corrected chi connectivity index (χ4v) is 2.51. The smallest absolute Gasteiger partial charge is 0.206 e. The van der Waals surface area contributed by atoms with E-state index < -0.39 is 0 Å². The van der Waals surface area contributed by atoms with Crippen LogP contribution in [0.4, 0.5) is 5.13 Å². The molecule has 2 aromatic rings. The van der Waals surface area contributed by atoms with Gasteiger partial charge in [0.15, 0.2) is 0 Å². The van der Waals surface area contributed by atoms with Gasteiger partial charge in [0, 0.05) is 5.56 Å². The lowest BCUT2D eigenvalue weighted by Gasteiger charge is -2.15. The minimum absolute atomic E-state index is 0.00237. The van der Waals surface area contributed by atoms with Crippen LogP contribution in [0.15, 0.2) is 18.2 Å². The van der Waals surface area contributed by atoms with Crippen LogP contribution >= 0.6 is 11.3 Å². The normalized spacial score (nSPS) is 12.4. The molecule has 0 spiro atoms. The van der Waals surface area contributed by atoms with E-state index in [1.807, 2.05) is 26.0 Å². The number of aromatic nitrogens is 2. The molecule has 0 saturated carbocycles. The van der Waals surface area contributed by atoms with E-state index in [4.69, 9.17) is 0 Å². The Morgan fingerprint density at radius 2 is 2.17 bits per heavy atom. The van der Waals surface area contributed by atoms with E-state index in [9.17, 15) is 5.11 Å². The van der Waals surface area contributed by atoms with Gasteiger partial charge in [-0.1, -0.05) is 36.0 Å². The van der Waals surface area contributed by atoms with Gasteiger partial charge in [-0.15, -0.1) is 10.2 Å². The third-order valence-corrected chi connectivity index (χ3v) is 3.76. The van der Waals surface area contributed by atoms with E-state index >= 15 is 0 Å². The molecule has 18 heavy (non-hydrogen) atoms. The van der Waals surface area contributed by atoms with Gasteiger partial charge in [0.1, 0.15) is 10.8 Å². The fourth-order valence-electron chi connectivity index (χ4n) is 1.74. The van der Waals surface area contributed by atoms with Crippen LogP contribution in [0.25, 0.3) is 0 Å². The number of hydrogen-bond donors (Lipinski definition) is 2. The number of nitrogens with one attached hydrogen (secondary N) is 1. The Hall–Kier alpha value is -1.62. The van der Waals surface area contributed by atoms with Gasteiger partial charge in [-0.25, -0.2) is 0 Å². The van der Waals surface area contributed by atoms with Gasteiger partial charge >= 0.3 is 0 Å². The fraction of sp³-hybridized carbons (Fsp3) is 0.385. The summed E-state index contributed by atoms with van der Waals surface area (Å²) in [5.74, 6) is 0.306. The number of phenolic OH excluding ortho intramolecular Hbond substituents is 1. The van der Waals surface area contributed by atoms with Crippen LogP contribution in [0.3, 0.4) is 0 Å². The summed E-state index contributed by atoms with van der Waals surface area (Å²) in [5.41, 5.74) is 2.01. The summed E-state index contributed by atoms with van der Waals surface area (Å²) in [6.45, 7) is 6.07. The van der Waals surface area contributed by atoms with Gasteiger partial charge in [-0.2, -0.15) is 0 Å². The second-order valence-corrected chi connectivity index (χ2v) is 5.34. The van der Waals surface area contributed by atoms with Crippen LogP contribution in [0.2, 0.25) is 0 Å². The van der Waals surface area contributed by atoms with Crippen molar-refractivity contribution < 1.29 is 5.11 Å². The van der Waals surface area contributed by atoms with Crippen LogP contribution < -0.4 is 5.32 Å². The van der Waals surface area contributed by atoms with Gasteiger partial charge in [0.2, 0.25) is 5.13 Å². The highest BCUT2D eigenvalue weighted by Crippen LogP contribution is 2.28. The Bertz CT molecular complexity index is 539. The topological polar surface area (TPSA) is 58.0 Å². The molecule has 2 N–H and O–H groups in total. The van der Waals surface area contributed by atoms with Gasteiger partial charge in [0.05, 0.1) is 6.04 Å². The molecule has 0 radical (unpaired) electrons. The highest BCUT2D eigenvalue weighted by molar-refractivity contribution is 7.15. The molecular weight excluding hydrogens is 246 g/mol. The average Bonchev–Trinajstić information content (AvgIpc) is 2.80. The zero-order chi connectivity index (χ0) is 13.1. The predicted octanol–water partition coefficient (Wildman–Crippen LogP) is 3.29. The van der Waals surface area contributed by atoms with E-state index in [1.165, 1.54) is 0 Å². The average molecular weight is 263 g/mol. The quantitative estimate of drug-likeness (QED) is 0.888. The van der Waals surface area contributed by atoms with E-state index in [0.29, 0.717) is 5.75 Å². The van der Waals surface area contributed by atoms with Crippen LogP contribution in [0, 0.1) is 6.92 Å². The zero-order valence-corrected chi connectivity index (χ0v) is 11.6. The monoisotopic (exact) mass is 263 g/mol. The maximum atomic E-state index is 9.86. The molecule has 0 aliphatic rings. The number of hydrogen-bond acceptors (Lipinski definition) is 5. The molecule has 0 saturated heterocycles. The first-order chi connectivity index (χ1) is 8.60. The third-order valence-electron chi connectivity index (χ3n) is 2.76. The number of aromatic hydroxyl groups is 1. The van der Waals surface area contributed by atoms with E-state index in [1.54, 1.807) is 17.4 Å². The largest absolute Gasteiger partial charge is 0.508 e. The van der Waals surface area contributed by atoms with Crippen molar-refractivity contribution in [2.24, 2.45) is 0 Å². The van der Waals surface area contributed by atoms with Crippen LogP contribution in [0.5, 0.6) is 5.75 Å². The summed E-state index contributed by atoms with van der Waals surface area (Å²) >= 11 is 1.55. The van der Waals surface area contributed by atoms with Crippen molar-refractivity contribution in [1.29, 1.82) is 0 Å². The molecule has 1 heterocycles. The molecule has 1 unspecified atom stereocenters. The lowest BCUT2D eigenvalue weighted by Crippen LogP contribution is -2.06. The lowest BCUT2D eigenvalue weighted by molar-refractivity contribution is 0.465. The molecule has 0 fully saturated rings. The van der Waals surface area contributed by atoms with Gasteiger partial charge in [-0.3, -0.25) is 0 Å². The first kappa shape index (κ1) is 12.8. The maximum absolute atomic E-state index is 9.86. The molecule has 1 aromatic heterocycles. The summed E-state index contributed by atoms with van der Waals surface area (Å²) in [4.78, 5) is 0. The molecule has 96 valence electrons. The van der Waals surface area contributed by atoms with Crippen molar-refractivity contribution in [3.8, 4) is 5.75 Å². The van der Waals surface area contributed by atoms with E-state index in [0.717, 1.165) is 27.7 Å². The van der Waals surface area contributed by atoms with Gasteiger partial charge in [0.25, 0.3) is 0 Å². The summed E-state index contributed by atoms with van der Waals surface area (Å²) in [7, 11) is 0. The molecule has 1 atom stereocenters. The first-order valence-electron chi connectivity index (χ1n) is 5.98. The number of anilines is 1. The van der Waals surface area contributed by atoms with Crippen LogP contribution in [0.1, 0.15) is 36.0 Å². The standard InChI is InChI=1S/C13H17N3OS/c1-4-12-15-16-13(18-12)14-9(3)10-7-8(2)5-6-11(10)17/h5-7,9,17H,4H2,1-3H3,(H,14,16). The van der Waals surface area contributed by atoms with Crippen LogP contribution in [-0.4, -0.2) is 15.3 Å². The molecule has 0 aliphatic heterocycles. The van der Waals surface area contributed by atoms with E-state index in [-0.39, 0.29) is 6.04 Å². The number of phenols is 1. The maximum Gasteiger partial charge on any atom is 0.206 e. The molecule has 0 amide bonds. The third kappa shape index (κ3) is 2.79. The van der Waals surface area contributed by atoms with Crippen molar-refractivity contribution in [2.45, 2.75) is 33.2 Å². The van der Waals surface area contributed by atoms with Crippen LogP contribution in [-0.2, 0) is 6.42 Å². The Kier molecular flexibility index (Phi) is 3.81. The number of aryl methyl sites for hydroxylation is 2.